The van der Waals surface area contributed by atoms with Crippen LogP contribution in [0.25, 0.3) is 0 Å². The van der Waals surface area contributed by atoms with Crippen LogP contribution in [-0.2, 0) is 9.78 Å². The Hall–Kier alpha value is -0.160. The molecule has 0 unspecified atom stereocenters. The molecule has 0 aliphatic heterocycles. The summed E-state index contributed by atoms with van der Waals surface area (Å²) in [5.74, 6) is 4.58. The van der Waals surface area contributed by atoms with E-state index in [0.717, 1.165) is 5.23 Å². The van der Waals surface area contributed by atoms with Crippen LogP contribution in [0.1, 0.15) is 0 Å². The number of hydrogen-bond donors (Lipinski definition) is 1. The van der Waals surface area contributed by atoms with Crippen LogP contribution in [0.4, 0.5) is 0 Å². The number of hydroxylamine groups is 2. The first-order valence-electron chi connectivity index (χ1n) is 1.46. The fraction of sp³-hybridized carbons (Fsp3) is 1.00. The molecule has 0 saturated carbocycles. The van der Waals surface area contributed by atoms with Gasteiger partial charge in [0.05, 0.1) is 7.11 Å². The first-order valence-corrected chi connectivity index (χ1v) is 1.46. The summed E-state index contributed by atoms with van der Waals surface area (Å²) >= 11 is 0. The molecule has 0 aromatic rings. The van der Waals surface area contributed by atoms with Crippen LogP contribution in [0, 0.1) is 0 Å². The number of nitrogens with zero attached hydrogens (tertiary/aromatic N) is 1. The van der Waals surface area contributed by atoms with E-state index in [4.69, 9.17) is 0 Å². The predicted octanol–water partition coefficient (Wildman–Crippen LogP) is -0.715. The lowest BCUT2D eigenvalue weighted by molar-refractivity contribution is -0.343. The molecule has 0 aliphatic carbocycles. The van der Waals surface area contributed by atoms with Crippen LogP contribution in [0.3, 0.4) is 0 Å². The molecule has 0 fully saturated rings. The van der Waals surface area contributed by atoms with Gasteiger partial charge in [0.25, 0.3) is 0 Å². The van der Waals surface area contributed by atoms with Crippen LogP contribution in [0.15, 0.2) is 0 Å². The Morgan fingerprint density at radius 1 is 1.67 bits per heavy atom. The summed E-state index contributed by atoms with van der Waals surface area (Å²) in [5, 5.41) is 1.03. The molecule has 4 heteroatoms. The van der Waals surface area contributed by atoms with Gasteiger partial charge < -0.3 is 0 Å². The van der Waals surface area contributed by atoms with Gasteiger partial charge in [-0.05, 0) is 0 Å². The van der Waals surface area contributed by atoms with Gasteiger partial charge in [-0.3, -0.25) is 4.84 Å². The van der Waals surface area contributed by atoms with Crippen molar-refractivity contribution >= 4 is 0 Å². The van der Waals surface area contributed by atoms with Crippen molar-refractivity contribution in [1.29, 1.82) is 0 Å². The molecular weight excluding hydrogens is 84.0 g/mol. The maximum Gasteiger partial charge on any atom is 0.0602 e. The maximum absolute atomic E-state index is 4.58. The summed E-state index contributed by atoms with van der Waals surface area (Å²) in [6, 6.07) is 0. The van der Waals surface area contributed by atoms with Gasteiger partial charge in [0.1, 0.15) is 0 Å². The van der Waals surface area contributed by atoms with Gasteiger partial charge >= 0.3 is 0 Å². The van der Waals surface area contributed by atoms with Gasteiger partial charge in [-0.1, -0.05) is 5.23 Å². The molecule has 0 aliphatic rings. The average Bonchev–Trinajstić information content (AvgIpc) is 1.65. The standard InChI is InChI=1S/C2H8N2O2/c1-4(5-2)6-3/h3H2,1-2H3. The van der Waals surface area contributed by atoms with E-state index in [9.17, 15) is 0 Å². The van der Waals surface area contributed by atoms with E-state index in [1.165, 1.54) is 7.11 Å². The maximum atomic E-state index is 4.58. The van der Waals surface area contributed by atoms with Crippen molar-refractivity contribution in [2.45, 2.75) is 0 Å². The van der Waals surface area contributed by atoms with Gasteiger partial charge in [0.15, 0.2) is 0 Å². The number of nitrogens with two attached hydrogens (primary N) is 1. The Labute approximate surface area is 36.3 Å². The highest BCUT2D eigenvalue weighted by Gasteiger charge is 1.83. The minimum atomic E-state index is 1.03. The molecule has 6 heavy (non-hydrogen) atoms. The average molecular weight is 92.1 g/mol. The third-order valence-electron chi connectivity index (χ3n) is 0.406. The summed E-state index contributed by atoms with van der Waals surface area (Å²) in [7, 11) is 2.99. The highest BCUT2D eigenvalue weighted by Crippen LogP contribution is 1.71. The number of hydrogen-bond acceptors (Lipinski definition) is 4. The van der Waals surface area contributed by atoms with Gasteiger partial charge in [-0.2, -0.15) is 10.8 Å². The van der Waals surface area contributed by atoms with Crippen LogP contribution in [-0.4, -0.2) is 19.4 Å². The smallest absolute Gasteiger partial charge is 0.0602 e. The Kier molecular flexibility index (Phi) is 2.97. The van der Waals surface area contributed by atoms with Crippen LogP contribution in [0.5, 0.6) is 0 Å². The van der Waals surface area contributed by atoms with Gasteiger partial charge in [-0.25, -0.2) is 0 Å². The lowest BCUT2D eigenvalue weighted by Crippen LogP contribution is -2.20. The Balaban J connectivity index is 2.75. The summed E-state index contributed by atoms with van der Waals surface area (Å²) in [5.41, 5.74) is 0. The van der Waals surface area contributed by atoms with Crippen molar-refractivity contribution < 1.29 is 9.78 Å². The summed E-state index contributed by atoms with van der Waals surface area (Å²) in [6.07, 6.45) is 0. The second-order valence-corrected chi connectivity index (χ2v) is 0.728. The van der Waals surface area contributed by atoms with Crippen molar-refractivity contribution in [3.05, 3.63) is 0 Å². The number of rotatable bonds is 2. The SMILES string of the molecule is CON(C)ON. The molecule has 2 N–H and O–H groups in total. The van der Waals surface area contributed by atoms with Crippen molar-refractivity contribution in [1.82, 2.24) is 5.23 Å². The normalized spacial score (nSPS) is 10.0. The molecule has 0 bridgehead atoms. The highest BCUT2D eigenvalue weighted by atomic mass is 17.0. The third kappa shape index (κ3) is 2.10. The second kappa shape index (κ2) is 3.05. The zero-order chi connectivity index (χ0) is 4.99. The fourth-order valence-corrected chi connectivity index (χ4v) is 0.0430. The van der Waals surface area contributed by atoms with Gasteiger partial charge in [-0.15, -0.1) is 0 Å². The predicted molar refractivity (Wildman–Crippen MR) is 20.0 cm³/mol. The summed E-state index contributed by atoms with van der Waals surface area (Å²) < 4.78 is 0. The lowest BCUT2D eigenvalue weighted by atomic mass is 11.5. The Morgan fingerprint density at radius 2 is 2.17 bits per heavy atom. The molecule has 0 aromatic heterocycles. The van der Waals surface area contributed by atoms with E-state index in [-0.39, 0.29) is 0 Å². The van der Waals surface area contributed by atoms with Crippen LogP contribution >= 0.6 is 0 Å². The minimum absolute atomic E-state index is 1.03. The van der Waals surface area contributed by atoms with E-state index < -0.39 is 0 Å². The molecule has 0 spiro atoms. The largest absolute Gasteiger partial charge is 0.276 e. The molecule has 0 amide bonds. The van der Waals surface area contributed by atoms with Crippen molar-refractivity contribution in [2.24, 2.45) is 5.90 Å². The Morgan fingerprint density at radius 3 is 2.17 bits per heavy atom. The van der Waals surface area contributed by atoms with Gasteiger partial charge in [0, 0.05) is 7.05 Å². The highest BCUT2D eigenvalue weighted by molar-refractivity contribution is 3.82. The Bertz CT molecular complexity index is 28.7. The molecule has 0 radical (unpaired) electrons. The molecular formula is C2H8N2O2. The van der Waals surface area contributed by atoms with E-state index >= 15 is 0 Å². The first kappa shape index (κ1) is 5.84. The zero-order valence-electron chi connectivity index (χ0n) is 3.84. The first-order chi connectivity index (χ1) is 2.81. The van der Waals surface area contributed by atoms with Crippen molar-refractivity contribution in [2.75, 3.05) is 14.2 Å². The topological polar surface area (TPSA) is 47.7 Å². The van der Waals surface area contributed by atoms with Crippen LogP contribution in [0.2, 0.25) is 0 Å². The molecule has 0 atom stereocenters. The molecule has 0 aromatic carbocycles. The molecule has 0 saturated heterocycles. The van der Waals surface area contributed by atoms with E-state index in [1.807, 2.05) is 0 Å². The zero-order valence-corrected chi connectivity index (χ0v) is 3.84. The van der Waals surface area contributed by atoms with E-state index in [1.54, 1.807) is 7.05 Å². The molecule has 4 nitrogen and oxygen atoms in total. The monoisotopic (exact) mass is 92.1 g/mol. The van der Waals surface area contributed by atoms with E-state index in [2.05, 4.69) is 15.7 Å². The lowest BCUT2D eigenvalue weighted by Gasteiger charge is -2.05. The molecule has 0 heterocycles. The third-order valence-corrected chi connectivity index (χ3v) is 0.406. The summed E-state index contributed by atoms with van der Waals surface area (Å²) in [6.45, 7) is 0. The van der Waals surface area contributed by atoms with Crippen molar-refractivity contribution in [3.8, 4) is 0 Å². The van der Waals surface area contributed by atoms with Crippen LogP contribution < -0.4 is 5.90 Å². The molecule has 0 rings (SSSR count). The van der Waals surface area contributed by atoms with Gasteiger partial charge in [0.2, 0.25) is 0 Å². The van der Waals surface area contributed by atoms with E-state index in [0.29, 0.717) is 0 Å². The van der Waals surface area contributed by atoms with Crippen molar-refractivity contribution in [3.63, 3.8) is 0 Å². The second-order valence-electron chi connectivity index (χ2n) is 0.728. The fourth-order valence-electron chi connectivity index (χ4n) is 0.0430. The molecule has 38 valence electrons. The summed E-state index contributed by atoms with van der Waals surface area (Å²) in [4.78, 5) is 8.40. The quantitative estimate of drug-likeness (QED) is 0.457. The minimum Gasteiger partial charge on any atom is -0.276 e.